The van der Waals surface area contributed by atoms with E-state index in [2.05, 4.69) is 15.4 Å². The summed E-state index contributed by atoms with van der Waals surface area (Å²) < 4.78 is 41.4. The van der Waals surface area contributed by atoms with Crippen LogP contribution in [0.3, 0.4) is 0 Å². The average Bonchev–Trinajstić information content (AvgIpc) is 2.59. The third kappa shape index (κ3) is 6.85. The van der Waals surface area contributed by atoms with Crippen LogP contribution in [0.2, 0.25) is 0 Å². The summed E-state index contributed by atoms with van der Waals surface area (Å²) in [6, 6.07) is 14.3. The maximum atomic E-state index is 12.5. The number of nitrogens with one attached hydrogen (secondary N) is 2. The molecule has 142 valence electrons. The molecule has 2 aromatic rings. The van der Waals surface area contributed by atoms with Gasteiger partial charge in [-0.1, -0.05) is 48.5 Å². The number of alkyl halides is 3. The molecule has 0 unspecified atom stereocenters. The van der Waals surface area contributed by atoms with Crippen molar-refractivity contribution in [2.45, 2.75) is 19.8 Å². The van der Waals surface area contributed by atoms with E-state index in [4.69, 9.17) is 0 Å². The number of hydrogen-bond acceptors (Lipinski definition) is 3. The van der Waals surface area contributed by atoms with E-state index in [0.717, 1.165) is 6.07 Å². The molecule has 2 aromatic carbocycles. The van der Waals surface area contributed by atoms with Gasteiger partial charge in [0.2, 0.25) is 5.91 Å². The van der Waals surface area contributed by atoms with Crippen molar-refractivity contribution >= 4 is 17.9 Å². The summed E-state index contributed by atoms with van der Waals surface area (Å²) in [7, 11) is 0. The molecule has 2 rings (SSSR count). The van der Waals surface area contributed by atoms with E-state index in [1.807, 2.05) is 0 Å². The van der Waals surface area contributed by atoms with E-state index in [9.17, 15) is 22.8 Å². The van der Waals surface area contributed by atoms with E-state index in [0.29, 0.717) is 5.56 Å². The molecule has 27 heavy (non-hydrogen) atoms. The Hall–Kier alpha value is -3.29. The third-order valence-electron chi connectivity index (χ3n) is 3.30. The molecule has 0 saturated heterocycles. The number of amides is 2. The Morgan fingerprint density at radius 1 is 1.04 bits per heavy atom. The fourth-order valence-corrected chi connectivity index (χ4v) is 2.21. The summed E-state index contributed by atoms with van der Waals surface area (Å²) in [5.41, 5.74) is 0.796. The van der Waals surface area contributed by atoms with E-state index < -0.39 is 23.9 Å². The van der Waals surface area contributed by atoms with Crippen LogP contribution in [0.4, 0.5) is 13.2 Å². The molecular weight excluding hydrogens is 361 g/mol. The summed E-state index contributed by atoms with van der Waals surface area (Å²) in [5.74, 6) is -1.50. The highest BCUT2D eigenvalue weighted by Gasteiger charge is 2.32. The number of carbonyl (C=O) groups is 2. The van der Waals surface area contributed by atoms with Gasteiger partial charge in [0.15, 0.2) is 0 Å². The first-order valence-corrected chi connectivity index (χ1v) is 7.91. The first-order valence-electron chi connectivity index (χ1n) is 7.91. The number of halogens is 3. The summed E-state index contributed by atoms with van der Waals surface area (Å²) >= 11 is 0. The first kappa shape index (κ1) is 20.0. The molecule has 5 nitrogen and oxygen atoms in total. The lowest BCUT2D eigenvalue weighted by molar-refractivity contribution is -0.274. The summed E-state index contributed by atoms with van der Waals surface area (Å²) in [4.78, 5) is 23.8. The van der Waals surface area contributed by atoms with Gasteiger partial charge in [-0.25, -0.2) is 0 Å². The number of carbonyl (C=O) groups excluding carboxylic acids is 2. The van der Waals surface area contributed by atoms with Crippen molar-refractivity contribution in [2.75, 3.05) is 0 Å². The summed E-state index contributed by atoms with van der Waals surface area (Å²) in [5, 5.41) is 4.90. The molecule has 0 heterocycles. The number of hydrogen-bond donors (Lipinski definition) is 2. The lowest BCUT2D eigenvalue weighted by Gasteiger charge is -2.14. The molecule has 2 N–H and O–H groups in total. The third-order valence-corrected chi connectivity index (χ3v) is 3.30. The van der Waals surface area contributed by atoms with Crippen LogP contribution >= 0.6 is 0 Å². The van der Waals surface area contributed by atoms with Gasteiger partial charge < -0.3 is 15.4 Å². The largest absolute Gasteiger partial charge is 0.573 e. The Morgan fingerprint density at radius 3 is 2.30 bits per heavy atom. The Balaban J connectivity index is 2.15. The molecule has 0 radical (unpaired) electrons. The highest BCUT2D eigenvalue weighted by molar-refractivity contribution is 6.00. The van der Waals surface area contributed by atoms with Crippen LogP contribution in [0.25, 0.3) is 6.08 Å². The normalized spacial score (nSPS) is 11.6. The van der Waals surface area contributed by atoms with E-state index in [-0.39, 0.29) is 17.8 Å². The van der Waals surface area contributed by atoms with Gasteiger partial charge in [-0.3, -0.25) is 9.59 Å². The standard InChI is InChI=1S/C19H17F3N2O3/c1-13(25)24-16(11-14-7-3-2-4-8-14)18(26)23-12-15-9-5-6-10-17(15)27-19(20,21)22/h2-11H,12H2,1H3,(H,23,26)(H,24,25)/b16-11-. The van der Waals surface area contributed by atoms with Crippen LogP contribution in [0.5, 0.6) is 5.75 Å². The second kappa shape index (κ2) is 8.88. The van der Waals surface area contributed by atoms with Crippen molar-refractivity contribution in [1.29, 1.82) is 0 Å². The lowest BCUT2D eigenvalue weighted by atomic mass is 10.1. The fraction of sp³-hybridized carbons (Fsp3) is 0.158. The van der Waals surface area contributed by atoms with Gasteiger partial charge in [-0.05, 0) is 17.7 Å². The Bertz CT molecular complexity index is 834. The minimum atomic E-state index is -4.84. The van der Waals surface area contributed by atoms with Crippen LogP contribution in [0.1, 0.15) is 18.1 Å². The molecule has 0 spiro atoms. The van der Waals surface area contributed by atoms with Crippen molar-refractivity contribution in [2.24, 2.45) is 0 Å². The quantitative estimate of drug-likeness (QED) is 0.758. The molecule has 0 aliphatic heterocycles. The minimum absolute atomic E-state index is 0.0251. The Morgan fingerprint density at radius 2 is 1.67 bits per heavy atom. The molecule has 0 aliphatic rings. The average molecular weight is 378 g/mol. The van der Waals surface area contributed by atoms with Crippen LogP contribution in [-0.2, 0) is 16.1 Å². The molecule has 0 aliphatic carbocycles. The zero-order valence-corrected chi connectivity index (χ0v) is 14.3. The number of rotatable bonds is 6. The van der Waals surface area contributed by atoms with Crippen LogP contribution in [0, 0.1) is 0 Å². The van der Waals surface area contributed by atoms with E-state index >= 15 is 0 Å². The second-order valence-electron chi connectivity index (χ2n) is 5.49. The molecule has 0 aromatic heterocycles. The van der Waals surface area contributed by atoms with Crippen LogP contribution in [0.15, 0.2) is 60.3 Å². The maximum Gasteiger partial charge on any atom is 0.573 e. The molecule has 0 fully saturated rings. The van der Waals surface area contributed by atoms with Gasteiger partial charge in [-0.15, -0.1) is 13.2 Å². The molecule has 0 atom stereocenters. The van der Waals surface area contributed by atoms with Crippen LogP contribution < -0.4 is 15.4 Å². The Kier molecular flexibility index (Phi) is 6.59. The van der Waals surface area contributed by atoms with E-state index in [1.54, 1.807) is 30.3 Å². The second-order valence-corrected chi connectivity index (χ2v) is 5.49. The van der Waals surface area contributed by atoms with Crippen molar-refractivity contribution in [3.63, 3.8) is 0 Å². The van der Waals surface area contributed by atoms with Gasteiger partial charge >= 0.3 is 6.36 Å². The SMILES string of the molecule is CC(=O)N/C(=C\c1ccccc1)C(=O)NCc1ccccc1OC(F)(F)F. The minimum Gasteiger partial charge on any atom is -0.405 e. The maximum absolute atomic E-state index is 12.5. The van der Waals surface area contributed by atoms with Gasteiger partial charge in [0.25, 0.3) is 5.91 Å². The van der Waals surface area contributed by atoms with Crippen molar-refractivity contribution in [1.82, 2.24) is 10.6 Å². The van der Waals surface area contributed by atoms with Gasteiger partial charge in [0.1, 0.15) is 11.4 Å². The van der Waals surface area contributed by atoms with Crippen molar-refractivity contribution < 1.29 is 27.5 Å². The number of para-hydroxylation sites is 1. The molecule has 0 bridgehead atoms. The number of benzene rings is 2. The smallest absolute Gasteiger partial charge is 0.405 e. The molecule has 8 heteroatoms. The summed E-state index contributed by atoms with van der Waals surface area (Å²) in [6.07, 6.45) is -3.37. The van der Waals surface area contributed by atoms with Crippen molar-refractivity contribution in [3.8, 4) is 5.75 Å². The number of ether oxygens (including phenoxy) is 1. The van der Waals surface area contributed by atoms with E-state index in [1.165, 1.54) is 31.2 Å². The molecular formula is C19H17F3N2O3. The van der Waals surface area contributed by atoms with Crippen molar-refractivity contribution in [3.05, 3.63) is 71.4 Å². The monoisotopic (exact) mass is 378 g/mol. The van der Waals surface area contributed by atoms with Gasteiger partial charge in [0, 0.05) is 19.0 Å². The van der Waals surface area contributed by atoms with Crippen LogP contribution in [-0.4, -0.2) is 18.2 Å². The molecule has 0 saturated carbocycles. The van der Waals surface area contributed by atoms with Gasteiger partial charge in [-0.2, -0.15) is 0 Å². The fourth-order valence-electron chi connectivity index (χ4n) is 2.21. The zero-order chi connectivity index (χ0) is 19.9. The first-order chi connectivity index (χ1) is 12.7. The Labute approximate surface area is 153 Å². The highest BCUT2D eigenvalue weighted by atomic mass is 19.4. The highest BCUT2D eigenvalue weighted by Crippen LogP contribution is 2.26. The molecule has 2 amide bonds. The zero-order valence-electron chi connectivity index (χ0n) is 14.3. The predicted octanol–water partition coefficient (Wildman–Crippen LogP) is 3.38. The predicted molar refractivity (Wildman–Crippen MR) is 93.2 cm³/mol. The summed E-state index contributed by atoms with van der Waals surface area (Å²) in [6.45, 7) is 1.04. The topological polar surface area (TPSA) is 67.4 Å². The lowest BCUT2D eigenvalue weighted by Crippen LogP contribution is -2.33. The van der Waals surface area contributed by atoms with Gasteiger partial charge in [0.05, 0.1) is 0 Å².